The SMILES string of the molecule is CCCCCCCC(CCCCCCC)N1CCC(N)CC1. The Hall–Kier alpha value is -0.0800. The molecule has 2 N–H and O–H groups in total. The van der Waals surface area contributed by atoms with E-state index >= 15 is 0 Å². The van der Waals surface area contributed by atoms with Gasteiger partial charge in [-0.05, 0) is 38.8 Å². The number of nitrogens with zero attached hydrogens (tertiary/aromatic N) is 1. The van der Waals surface area contributed by atoms with Crippen LogP contribution >= 0.6 is 0 Å². The highest BCUT2D eigenvalue weighted by molar-refractivity contribution is 4.80. The van der Waals surface area contributed by atoms with Crippen LogP contribution in [0.2, 0.25) is 0 Å². The Morgan fingerprint density at radius 2 is 1.23 bits per heavy atom. The van der Waals surface area contributed by atoms with E-state index in [0.29, 0.717) is 6.04 Å². The van der Waals surface area contributed by atoms with Crippen LogP contribution in [0.4, 0.5) is 0 Å². The van der Waals surface area contributed by atoms with Gasteiger partial charge in [0.25, 0.3) is 0 Å². The maximum absolute atomic E-state index is 6.08. The van der Waals surface area contributed by atoms with Crippen molar-refractivity contribution in [3.8, 4) is 0 Å². The van der Waals surface area contributed by atoms with Crippen molar-refractivity contribution in [3.63, 3.8) is 0 Å². The molecular weight excluding hydrogens is 268 g/mol. The quantitative estimate of drug-likeness (QED) is 0.455. The number of piperidine rings is 1. The molecule has 0 aromatic rings. The van der Waals surface area contributed by atoms with Crippen LogP contribution < -0.4 is 5.73 Å². The van der Waals surface area contributed by atoms with Crippen molar-refractivity contribution in [2.75, 3.05) is 13.1 Å². The van der Waals surface area contributed by atoms with Gasteiger partial charge in [-0.25, -0.2) is 0 Å². The fourth-order valence-electron chi connectivity index (χ4n) is 3.76. The van der Waals surface area contributed by atoms with E-state index in [1.165, 1.54) is 103 Å². The van der Waals surface area contributed by atoms with Crippen LogP contribution in [0.1, 0.15) is 104 Å². The van der Waals surface area contributed by atoms with Crippen molar-refractivity contribution in [2.24, 2.45) is 5.73 Å². The van der Waals surface area contributed by atoms with Gasteiger partial charge in [-0.3, -0.25) is 0 Å². The van der Waals surface area contributed by atoms with Crippen LogP contribution in [0.3, 0.4) is 0 Å². The Morgan fingerprint density at radius 3 is 1.68 bits per heavy atom. The maximum Gasteiger partial charge on any atom is 0.00952 e. The first-order valence-corrected chi connectivity index (χ1v) is 10.3. The summed E-state index contributed by atoms with van der Waals surface area (Å²) in [7, 11) is 0. The molecule has 132 valence electrons. The van der Waals surface area contributed by atoms with E-state index in [1.54, 1.807) is 0 Å². The van der Waals surface area contributed by atoms with E-state index in [4.69, 9.17) is 5.73 Å². The lowest BCUT2D eigenvalue weighted by Crippen LogP contribution is -2.45. The second-order valence-electron chi connectivity index (χ2n) is 7.43. The van der Waals surface area contributed by atoms with Gasteiger partial charge >= 0.3 is 0 Å². The Balaban J connectivity index is 2.25. The van der Waals surface area contributed by atoms with Gasteiger partial charge in [-0.15, -0.1) is 0 Å². The fourth-order valence-corrected chi connectivity index (χ4v) is 3.76. The third kappa shape index (κ3) is 9.15. The van der Waals surface area contributed by atoms with Crippen LogP contribution in [0.25, 0.3) is 0 Å². The zero-order chi connectivity index (χ0) is 16.0. The van der Waals surface area contributed by atoms with Crippen LogP contribution in [0.5, 0.6) is 0 Å². The molecule has 1 fully saturated rings. The van der Waals surface area contributed by atoms with Gasteiger partial charge in [0.05, 0.1) is 0 Å². The lowest BCUT2D eigenvalue weighted by Gasteiger charge is -2.37. The minimum atomic E-state index is 0.464. The number of hydrogen-bond donors (Lipinski definition) is 1. The second kappa shape index (κ2) is 13.4. The number of nitrogens with two attached hydrogens (primary N) is 1. The first-order chi connectivity index (χ1) is 10.8. The largest absolute Gasteiger partial charge is 0.328 e. The smallest absolute Gasteiger partial charge is 0.00952 e. The van der Waals surface area contributed by atoms with Gasteiger partial charge in [0.1, 0.15) is 0 Å². The summed E-state index contributed by atoms with van der Waals surface area (Å²) < 4.78 is 0. The molecule has 2 nitrogen and oxygen atoms in total. The predicted molar refractivity (Wildman–Crippen MR) is 99.3 cm³/mol. The van der Waals surface area contributed by atoms with Gasteiger partial charge in [-0.1, -0.05) is 78.1 Å². The molecule has 1 saturated heterocycles. The highest BCUT2D eigenvalue weighted by atomic mass is 15.2. The molecule has 0 aromatic heterocycles. The Morgan fingerprint density at radius 1 is 0.773 bits per heavy atom. The van der Waals surface area contributed by atoms with Crippen LogP contribution in [-0.2, 0) is 0 Å². The standard InChI is InChI=1S/C20H42N2/c1-3-5-7-9-11-13-20(14-12-10-8-6-4-2)22-17-15-19(21)16-18-22/h19-20H,3-18,21H2,1-2H3. The average Bonchev–Trinajstić information content (AvgIpc) is 2.53. The maximum atomic E-state index is 6.08. The predicted octanol–water partition coefficient (Wildman–Crippen LogP) is 5.50. The molecule has 0 aromatic carbocycles. The summed E-state index contributed by atoms with van der Waals surface area (Å²) in [6.45, 7) is 7.09. The molecule has 0 unspecified atom stereocenters. The first kappa shape index (κ1) is 20.0. The number of unbranched alkanes of at least 4 members (excludes halogenated alkanes) is 8. The summed E-state index contributed by atoms with van der Waals surface area (Å²) in [6.07, 6.45) is 19.4. The lowest BCUT2D eigenvalue weighted by atomic mass is 9.96. The van der Waals surface area contributed by atoms with E-state index in [9.17, 15) is 0 Å². The third-order valence-corrected chi connectivity index (χ3v) is 5.37. The molecule has 2 heteroatoms. The van der Waals surface area contributed by atoms with Crippen LogP contribution in [0, 0.1) is 0 Å². The molecule has 0 bridgehead atoms. The molecule has 22 heavy (non-hydrogen) atoms. The number of likely N-dealkylation sites (tertiary alicyclic amines) is 1. The summed E-state index contributed by atoms with van der Waals surface area (Å²) in [6, 6.07) is 1.31. The Labute approximate surface area is 140 Å². The lowest BCUT2D eigenvalue weighted by molar-refractivity contribution is 0.134. The van der Waals surface area contributed by atoms with Gasteiger partial charge in [-0.2, -0.15) is 0 Å². The van der Waals surface area contributed by atoms with E-state index in [1.807, 2.05) is 0 Å². The van der Waals surface area contributed by atoms with Gasteiger partial charge in [0, 0.05) is 12.1 Å². The minimum Gasteiger partial charge on any atom is -0.328 e. The molecule has 0 amide bonds. The van der Waals surface area contributed by atoms with Gasteiger partial charge < -0.3 is 10.6 Å². The molecule has 0 radical (unpaired) electrons. The first-order valence-electron chi connectivity index (χ1n) is 10.3. The van der Waals surface area contributed by atoms with Crippen molar-refractivity contribution in [3.05, 3.63) is 0 Å². The van der Waals surface area contributed by atoms with Crippen molar-refractivity contribution in [1.82, 2.24) is 4.90 Å². The highest BCUT2D eigenvalue weighted by Crippen LogP contribution is 2.21. The second-order valence-corrected chi connectivity index (χ2v) is 7.43. The molecule has 1 aliphatic heterocycles. The highest BCUT2D eigenvalue weighted by Gasteiger charge is 2.22. The zero-order valence-corrected chi connectivity index (χ0v) is 15.5. The number of rotatable bonds is 13. The minimum absolute atomic E-state index is 0.464. The van der Waals surface area contributed by atoms with Gasteiger partial charge in [0.2, 0.25) is 0 Å². The Kier molecular flexibility index (Phi) is 12.1. The summed E-state index contributed by atoms with van der Waals surface area (Å²) in [5.41, 5.74) is 6.08. The summed E-state index contributed by atoms with van der Waals surface area (Å²) in [5.74, 6) is 0. The summed E-state index contributed by atoms with van der Waals surface area (Å²) >= 11 is 0. The molecule has 0 atom stereocenters. The molecule has 0 aliphatic carbocycles. The summed E-state index contributed by atoms with van der Waals surface area (Å²) in [4.78, 5) is 2.77. The molecule has 0 spiro atoms. The van der Waals surface area contributed by atoms with Crippen molar-refractivity contribution in [1.29, 1.82) is 0 Å². The van der Waals surface area contributed by atoms with E-state index in [-0.39, 0.29) is 0 Å². The molecular formula is C20H42N2. The van der Waals surface area contributed by atoms with E-state index in [0.717, 1.165) is 6.04 Å². The Bertz CT molecular complexity index is 220. The van der Waals surface area contributed by atoms with Crippen LogP contribution in [-0.4, -0.2) is 30.1 Å². The van der Waals surface area contributed by atoms with Crippen molar-refractivity contribution in [2.45, 2.75) is 116 Å². The third-order valence-electron chi connectivity index (χ3n) is 5.37. The van der Waals surface area contributed by atoms with Crippen LogP contribution in [0.15, 0.2) is 0 Å². The number of hydrogen-bond acceptors (Lipinski definition) is 2. The molecule has 1 heterocycles. The van der Waals surface area contributed by atoms with E-state index in [2.05, 4.69) is 18.7 Å². The summed E-state index contributed by atoms with van der Waals surface area (Å²) in [5, 5.41) is 0. The van der Waals surface area contributed by atoms with E-state index < -0.39 is 0 Å². The molecule has 1 aliphatic rings. The average molecular weight is 311 g/mol. The normalized spacial score (nSPS) is 17.5. The molecule has 1 rings (SSSR count). The van der Waals surface area contributed by atoms with Gasteiger partial charge in [0.15, 0.2) is 0 Å². The topological polar surface area (TPSA) is 29.3 Å². The fraction of sp³-hybridized carbons (Fsp3) is 1.00. The van der Waals surface area contributed by atoms with Crippen molar-refractivity contribution < 1.29 is 0 Å². The van der Waals surface area contributed by atoms with Crippen molar-refractivity contribution >= 4 is 0 Å². The molecule has 0 saturated carbocycles. The zero-order valence-electron chi connectivity index (χ0n) is 15.5. The monoisotopic (exact) mass is 310 g/mol.